The first-order valence-electron chi connectivity index (χ1n) is 3.74. The number of rotatable bonds is 5. The molecule has 0 aliphatic heterocycles. The predicted molar refractivity (Wildman–Crippen MR) is 58.5 cm³/mol. The molecule has 0 aromatic heterocycles. The molecule has 0 aromatic carbocycles. The smallest absolute Gasteiger partial charge is 0.243 e. The van der Waals surface area contributed by atoms with Crippen LogP contribution in [0.15, 0.2) is 12.7 Å². The largest absolute Gasteiger partial charge is 0.353 e. The van der Waals surface area contributed by atoms with Crippen molar-refractivity contribution in [1.82, 2.24) is 5.32 Å². The highest BCUT2D eigenvalue weighted by molar-refractivity contribution is 8.69. The van der Waals surface area contributed by atoms with Crippen LogP contribution in [0.1, 0.15) is 20.3 Å². The molecule has 0 rings (SSSR count). The number of hydrogen-bond acceptors (Lipinski definition) is 3. The fourth-order valence-corrected chi connectivity index (χ4v) is 1.07. The van der Waals surface area contributed by atoms with Crippen molar-refractivity contribution in [3.05, 3.63) is 12.7 Å². The highest BCUT2D eigenvalue weighted by Crippen LogP contribution is 2.30. The number of amides is 1. The van der Waals surface area contributed by atoms with Crippen molar-refractivity contribution in [2.45, 2.75) is 25.0 Å². The van der Waals surface area contributed by atoms with Gasteiger partial charge in [0, 0.05) is 11.3 Å². The molecule has 0 atom stereocenters. The van der Waals surface area contributed by atoms with Crippen molar-refractivity contribution >= 4 is 28.4 Å². The van der Waals surface area contributed by atoms with Gasteiger partial charge < -0.3 is 5.32 Å². The summed E-state index contributed by atoms with van der Waals surface area (Å²) >= 11 is 4.13. The molecular formula is C8H15NOS2. The maximum Gasteiger partial charge on any atom is 0.243 e. The van der Waals surface area contributed by atoms with E-state index in [2.05, 4.69) is 37.4 Å². The molecule has 0 unspecified atom stereocenters. The monoisotopic (exact) mass is 205 g/mol. The minimum Gasteiger partial charge on any atom is -0.353 e. The maximum atomic E-state index is 10.7. The van der Waals surface area contributed by atoms with E-state index in [9.17, 15) is 4.79 Å². The van der Waals surface area contributed by atoms with E-state index in [4.69, 9.17) is 0 Å². The first-order chi connectivity index (χ1) is 5.52. The average Bonchev–Trinajstić information content (AvgIpc) is 2.04. The minimum absolute atomic E-state index is 0.109. The number of thiol groups is 1. The van der Waals surface area contributed by atoms with E-state index in [1.807, 2.05) is 0 Å². The molecule has 0 aliphatic rings. The van der Waals surface area contributed by atoms with Gasteiger partial charge in [-0.15, -0.1) is 11.7 Å². The average molecular weight is 205 g/mol. The van der Waals surface area contributed by atoms with Crippen LogP contribution in [-0.4, -0.2) is 17.2 Å². The molecule has 0 saturated heterocycles. The van der Waals surface area contributed by atoms with Crippen molar-refractivity contribution in [2.24, 2.45) is 0 Å². The van der Waals surface area contributed by atoms with Crippen molar-refractivity contribution in [3.8, 4) is 0 Å². The second kappa shape index (κ2) is 5.54. The Morgan fingerprint density at radius 3 is 2.75 bits per heavy atom. The Kier molecular flexibility index (Phi) is 5.50. The highest BCUT2D eigenvalue weighted by Gasteiger charge is 2.15. The van der Waals surface area contributed by atoms with Crippen LogP contribution in [0.4, 0.5) is 0 Å². The van der Waals surface area contributed by atoms with E-state index in [0.29, 0.717) is 6.54 Å². The number of carbonyl (C=O) groups is 1. The standard InChI is InChI=1S/C8H15NOS2/c1-4-7(10)9-6-5-8(2,3)12-11/h4,11H,1,5-6H2,2-3H3,(H,9,10). The van der Waals surface area contributed by atoms with Gasteiger partial charge in [0.15, 0.2) is 0 Å². The van der Waals surface area contributed by atoms with Gasteiger partial charge in [-0.25, -0.2) is 0 Å². The lowest BCUT2D eigenvalue weighted by molar-refractivity contribution is -0.116. The van der Waals surface area contributed by atoms with E-state index in [0.717, 1.165) is 6.42 Å². The molecule has 4 heteroatoms. The maximum absolute atomic E-state index is 10.7. The SMILES string of the molecule is C=CC(=O)NCCC(C)(C)SS. The van der Waals surface area contributed by atoms with Crippen molar-refractivity contribution in [1.29, 1.82) is 0 Å². The summed E-state index contributed by atoms with van der Waals surface area (Å²) in [5.41, 5.74) is 0. The molecular weight excluding hydrogens is 190 g/mol. The number of nitrogens with one attached hydrogen (secondary N) is 1. The lowest BCUT2D eigenvalue weighted by atomic mass is 10.1. The summed E-state index contributed by atoms with van der Waals surface area (Å²) < 4.78 is 0.109. The van der Waals surface area contributed by atoms with Gasteiger partial charge >= 0.3 is 0 Å². The summed E-state index contributed by atoms with van der Waals surface area (Å²) in [6.07, 6.45) is 2.18. The third kappa shape index (κ3) is 5.55. The molecule has 0 aromatic rings. The Labute approximate surface area is 83.0 Å². The fourth-order valence-electron chi connectivity index (χ4n) is 0.605. The Morgan fingerprint density at radius 1 is 1.75 bits per heavy atom. The molecule has 1 N–H and O–H groups in total. The van der Waals surface area contributed by atoms with Crippen LogP contribution in [0, 0.1) is 0 Å². The zero-order chi connectivity index (χ0) is 9.61. The quantitative estimate of drug-likeness (QED) is 0.408. The molecule has 0 saturated carbocycles. The van der Waals surface area contributed by atoms with Gasteiger partial charge in [-0.2, -0.15) is 0 Å². The van der Waals surface area contributed by atoms with E-state index in [1.165, 1.54) is 16.9 Å². The summed E-state index contributed by atoms with van der Waals surface area (Å²) in [7, 11) is 1.50. The second-order valence-electron chi connectivity index (χ2n) is 3.10. The molecule has 70 valence electrons. The molecule has 0 heterocycles. The third-order valence-corrected chi connectivity index (χ3v) is 3.64. The van der Waals surface area contributed by atoms with Gasteiger partial charge in [0.25, 0.3) is 0 Å². The lowest BCUT2D eigenvalue weighted by Crippen LogP contribution is -2.27. The summed E-state index contributed by atoms with van der Waals surface area (Å²) in [6.45, 7) is 8.21. The van der Waals surface area contributed by atoms with Crippen molar-refractivity contribution < 1.29 is 4.79 Å². The Balaban J connectivity index is 3.56. The van der Waals surface area contributed by atoms with Crippen LogP contribution < -0.4 is 5.32 Å². The van der Waals surface area contributed by atoms with Crippen LogP contribution >= 0.6 is 22.5 Å². The van der Waals surface area contributed by atoms with Crippen LogP contribution in [0.25, 0.3) is 0 Å². The van der Waals surface area contributed by atoms with Crippen molar-refractivity contribution in [3.63, 3.8) is 0 Å². The summed E-state index contributed by atoms with van der Waals surface area (Å²) in [5, 5.41) is 2.72. The van der Waals surface area contributed by atoms with Gasteiger partial charge in [0.05, 0.1) is 0 Å². The third-order valence-electron chi connectivity index (χ3n) is 1.46. The normalized spacial score (nSPS) is 10.9. The van der Waals surface area contributed by atoms with Crippen LogP contribution in [-0.2, 0) is 4.79 Å². The summed E-state index contributed by atoms with van der Waals surface area (Å²) in [6, 6.07) is 0. The molecule has 0 aliphatic carbocycles. The van der Waals surface area contributed by atoms with Crippen molar-refractivity contribution in [2.75, 3.05) is 6.54 Å². The van der Waals surface area contributed by atoms with E-state index < -0.39 is 0 Å². The lowest BCUT2D eigenvalue weighted by Gasteiger charge is -2.20. The number of hydrogen-bond donors (Lipinski definition) is 2. The fraction of sp³-hybridized carbons (Fsp3) is 0.625. The molecule has 2 nitrogen and oxygen atoms in total. The van der Waals surface area contributed by atoms with Gasteiger partial charge in [-0.05, 0) is 26.3 Å². The summed E-state index contributed by atoms with van der Waals surface area (Å²) in [5.74, 6) is -0.116. The predicted octanol–water partition coefficient (Wildman–Crippen LogP) is 2.04. The molecule has 0 fully saturated rings. The molecule has 12 heavy (non-hydrogen) atoms. The minimum atomic E-state index is -0.116. The first-order valence-corrected chi connectivity index (χ1v) is 5.61. The van der Waals surface area contributed by atoms with Gasteiger partial charge in [0.2, 0.25) is 5.91 Å². The van der Waals surface area contributed by atoms with E-state index in [-0.39, 0.29) is 10.7 Å². The highest BCUT2D eigenvalue weighted by atomic mass is 33.1. The summed E-state index contributed by atoms with van der Waals surface area (Å²) in [4.78, 5) is 10.7. The molecule has 0 bridgehead atoms. The first kappa shape index (κ1) is 11.9. The number of carbonyl (C=O) groups excluding carboxylic acids is 1. The van der Waals surface area contributed by atoms with E-state index >= 15 is 0 Å². The topological polar surface area (TPSA) is 29.1 Å². The van der Waals surface area contributed by atoms with Crippen LogP contribution in [0.3, 0.4) is 0 Å². The zero-order valence-electron chi connectivity index (χ0n) is 7.46. The van der Waals surface area contributed by atoms with Gasteiger partial charge in [0.1, 0.15) is 0 Å². The van der Waals surface area contributed by atoms with Crippen LogP contribution in [0.2, 0.25) is 0 Å². The van der Waals surface area contributed by atoms with E-state index in [1.54, 1.807) is 0 Å². The van der Waals surface area contributed by atoms with Gasteiger partial charge in [-0.3, -0.25) is 4.79 Å². The van der Waals surface area contributed by atoms with Gasteiger partial charge in [-0.1, -0.05) is 17.4 Å². The molecule has 0 radical (unpaired) electrons. The molecule has 0 spiro atoms. The zero-order valence-corrected chi connectivity index (χ0v) is 9.17. The Morgan fingerprint density at radius 2 is 2.33 bits per heavy atom. The second-order valence-corrected chi connectivity index (χ2v) is 4.93. The Hall–Kier alpha value is -0.0900. The van der Waals surface area contributed by atoms with Crippen LogP contribution in [0.5, 0.6) is 0 Å². The molecule has 1 amide bonds. The Bertz CT molecular complexity index is 168.